The molecule has 5 heteroatoms. The Balaban J connectivity index is 1.95. The lowest BCUT2D eigenvalue weighted by Crippen LogP contribution is -2.15. The van der Waals surface area contributed by atoms with Crippen molar-refractivity contribution in [2.75, 3.05) is 0 Å². The number of carbonyl (C=O) groups is 3. The summed E-state index contributed by atoms with van der Waals surface area (Å²) in [5, 5.41) is 9.52. The standard InChI is InChI=1S/C20H15NO4/c22-16(12-19(23)20(24)25)11-10-14-13-21(15-6-2-1-3-7-15)18-9-5-4-8-17(14)18/h1-11,13H,12H2,(H,24,25)/b11-10+. The van der Waals surface area contributed by atoms with Crippen LogP contribution in [0.2, 0.25) is 0 Å². The summed E-state index contributed by atoms with van der Waals surface area (Å²) >= 11 is 0. The van der Waals surface area contributed by atoms with Crippen LogP contribution in [-0.4, -0.2) is 27.2 Å². The Labute approximate surface area is 143 Å². The molecule has 0 atom stereocenters. The van der Waals surface area contributed by atoms with Gasteiger partial charge in [0.25, 0.3) is 0 Å². The lowest BCUT2D eigenvalue weighted by molar-refractivity contribution is -0.149. The Hall–Kier alpha value is -3.47. The number of allylic oxidation sites excluding steroid dienone is 1. The number of aliphatic carboxylic acids is 1. The first-order valence-electron chi connectivity index (χ1n) is 7.69. The van der Waals surface area contributed by atoms with Gasteiger partial charge < -0.3 is 9.67 Å². The first-order chi connectivity index (χ1) is 12.1. The summed E-state index contributed by atoms with van der Waals surface area (Å²) in [7, 11) is 0. The third-order valence-electron chi connectivity index (χ3n) is 3.80. The number of carbonyl (C=O) groups excluding carboxylic acids is 2. The van der Waals surface area contributed by atoms with E-state index in [1.807, 2.05) is 65.4 Å². The molecule has 1 heterocycles. The maximum Gasteiger partial charge on any atom is 0.372 e. The normalized spacial score (nSPS) is 11.0. The van der Waals surface area contributed by atoms with Gasteiger partial charge in [-0.2, -0.15) is 0 Å². The second kappa shape index (κ2) is 6.97. The van der Waals surface area contributed by atoms with E-state index in [1.54, 1.807) is 6.08 Å². The molecule has 1 N–H and O–H groups in total. The maximum atomic E-state index is 11.8. The number of aromatic nitrogens is 1. The number of carboxylic acid groups (broad SMARTS) is 1. The van der Waals surface area contributed by atoms with Crippen molar-refractivity contribution in [3.63, 3.8) is 0 Å². The lowest BCUT2D eigenvalue weighted by Gasteiger charge is -2.04. The predicted octanol–water partition coefficient (Wildman–Crippen LogP) is 3.26. The van der Waals surface area contributed by atoms with Gasteiger partial charge in [0.2, 0.25) is 5.78 Å². The number of benzene rings is 2. The van der Waals surface area contributed by atoms with Crippen molar-refractivity contribution in [3.05, 3.63) is 72.4 Å². The third-order valence-corrected chi connectivity index (χ3v) is 3.80. The Kier molecular flexibility index (Phi) is 4.57. The minimum Gasteiger partial charge on any atom is -0.475 e. The topological polar surface area (TPSA) is 76.4 Å². The quantitative estimate of drug-likeness (QED) is 0.427. The van der Waals surface area contributed by atoms with E-state index in [2.05, 4.69) is 0 Å². The first-order valence-corrected chi connectivity index (χ1v) is 7.69. The number of rotatable bonds is 6. The molecule has 0 spiro atoms. The van der Waals surface area contributed by atoms with E-state index < -0.39 is 24.0 Å². The molecule has 5 nitrogen and oxygen atoms in total. The van der Waals surface area contributed by atoms with Crippen molar-refractivity contribution < 1.29 is 19.5 Å². The summed E-state index contributed by atoms with van der Waals surface area (Å²) in [5.74, 6) is -3.24. The third kappa shape index (κ3) is 3.55. The Morgan fingerprint density at radius 1 is 0.960 bits per heavy atom. The number of hydrogen-bond acceptors (Lipinski definition) is 3. The van der Waals surface area contributed by atoms with Gasteiger partial charge >= 0.3 is 5.97 Å². The van der Waals surface area contributed by atoms with Crippen molar-refractivity contribution in [1.29, 1.82) is 0 Å². The van der Waals surface area contributed by atoms with Crippen LogP contribution >= 0.6 is 0 Å². The molecule has 3 aromatic rings. The number of carboxylic acids is 1. The smallest absolute Gasteiger partial charge is 0.372 e. The van der Waals surface area contributed by atoms with Gasteiger partial charge in [0.15, 0.2) is 5.78 Å². The highest BCUT2D eigenvalue weighted by Gasteiger charge is 2.15. The predicted molar refractivity (Wildman–Crippen MR) is 94.6 cm³/mol. The zero-order valence-corrected chi connectivity index (χ0v) is 13.3. The van der Waals surface area contributed by atoms with E-state index in [4.69, 9.17) is 5.11 Å². The van der Waals surface area contributed by atoms with Crippen molar-refractivity contribution in [1.82, 2.24) is 4.57 Å². The van der Waals surface area contributed by atoms with Gasteiger partial charge in [-0.25, -0.2) is 4.79 Å². The molecule has 124 valence electrons. The fourth-order valence-electron chi connectivity index (χ4n) is 2.62. The van der Waals surface area contributed by atoms with Gasteiger partial charge in [0, 0.05) is 22.8 Å². The van der Waals surface area contributed by atoms with Crippen LogP contribution in [-0.2, 0) is 14.4 Å². The molecule has 0 unspecified atom stereocenters. The second-order valence-electron chi connectivity index (χ2n) is 5.51. The van der Waals surface area contributed by atoms with Crippen molar-refractivity contribution in [2.45, 2.75) is 6.42 Å². The first kappa shape index (κ1) is 16.4. The van der Waals surface area contributed by atoms with Crippen LogP contribution in [0, 0.1) is 0 Å². The molecule has 0 aliphatic carbocycles. The zero-order valence-electron chi connectivity index (χ0n) is 13.3. The van der Waals surface area contributed by atoms with Crippen molar-refractivity contribution in [2.24, 2.45) is 0 Å². The SMILES string of the molecule is O=C(/C=C/c1cn(-c2ccccc2)c2ccccc12)CC(=O)C(=O)O. The van der Waals surface area contributed by atoms with Crippen LogP contribution in [0.5, 0.6) is 0 Å². The molecule has 25 heavy (non-hydrogen) atoms. The maximum absolute atomic E-state index is 11.8. The van der Waals surface area contributed by atoms with Crippen LogP contribution < -0.4 is 0 Å². The number of Topliss-reactive ketones (excluding diaryl/α,β-unsaturated/α-hetero) is 1. The van der Waals surface area contributed by atoms with Crippen LogP contribution in [0.4, 0.5) is 0 Å². The van der Waals surface area contributed by atoms with Gasteiger partial charge in [0.1, 0.15) is 0 Å². The fraction of sp³-hybridized carbons (Fsp3) is 0.0500. The Bertz CT molecular complexity index is 983. The van der Waals surface area contributed by atoms with Gasteiger partial charge in [0.05, 0.1) is 11.9 Å². The second-order valence-corrected chi connectivity index (χ2v) is 5.51. The lowest BCUT2D eigenvalue weighted by atomic mass is 10.1. The van der Waals surface area contributed by atoms with E-state index >= 15 is 0 Å². The number of ketones is 2. The highest BCUT2D eigenvalue weighted by atomic mass is 16.4. The van der Waals surface area contributed by atoms with Gasteiger partial charge in [-0.15, -0.1) is 0 Å². The van der Waals surface area contributed by atoms with Crippen LogP contribution in [0.15, 0.2) is 66.9 Å². The molecule has 0 saturated carbocycles. The number of hydrogen-bond donors (Lipinski definition) is 1. The van der Waals surface area contributed by atoms with Gasteiger partial charge in [-0.3, -0.25) is 9.59 Å². The average molecular weight is 333 g/mol. The number of para-hydroxylation sites is 2. The van der Waals surface area contributed by atoms with Gasteiger partial charge in [-0.05, 0) is 30.4 Å². The van der Waals surface area contributed by atoms with E-state index in [0.717, 1.165) is 22.2 Å². The van der Waals surface area contributed by atoms with Crippen molar-refractivity contribution in [3.8, 4) is 5.69 Å². The molecule has 0 bridgehead atoms. The number of fused-ring (bicyclic) bond motifs is 1. The molecule has 3 rings (SSSR count). The molecular formula is C20H15NO4. The van der Waals surface area contributed by atoms with Gasteiger partial charge in [-0.1, -0.05) is 36.4 Å². The molecule has 0 fully saturated rings. The van der Waals surface area contributed by atoms with E-state index in [1.165, 1.54) is 6.08 Å². The summed E-state index contributed by atoms with van der Waals surface area (Å²) in [4.78, 5) is 33.4. The molecule has 0 saturated heterocycles. The van der Waals surface area contributed by atoms with Crippen LogP contribution in [0.25, 0.3) is 22.7 Å². The molecule has 2 aromatic carbocycles. The summed E-state index contributed by atoms with van der Waals surface area (Å²) in [6.07, 6.45) is 4.13. The molecule has 0 amide bonds. The summed E-state index contributed by atoms with van der Waals surface area (Å²) < 4.78 is 2.02. The highest BCUT2D eigenvalue weighted by Crippen LogP contribution is 2.25. The largest absolute Gasteiger partial charge is 0.475 e. The molecule has 0 radical (unpaired) electrons. The fourth-order valence-corrected chi connectivity index (χ4v) is 2.62. The average Bonchev–Trinajstić information content (AvgIpc) is 2.99. The Morgan fingerprint density at radius 2 is 1.64 bits per heavy atom. The molecule has 1 aromatic heterocycles. The van der Waals surface area contributed by atoms with E-state index in [0.29, 0.717) is 0 Å². The Morgan fingerprint density at radius 3 is 2.36 bits per heavy atom. The van der Waals surface area contributed by atoms with Crippen LogP contribution in [0.3, 0.4) is 0 Å². The minimum absolute atomic E-state index is 0.538. The molecule has 0 aliphatic heterocycles. The summed E-state index contributed by atoms with van der Waals surface area (Å²) in [5.41, 5.74) is 2.80. The monoisotopic (exact) mass is 333 g/mol. The van der Waals surface area contributed by atoms with E-state index in [9.17, 15) is 14.4 Å². The highest BCUT2D eigenvalue weighted by molar-refractivity contribution is 6.37. The minimum atomic E-state index is -1.59. The summed E-state index contributed by atoms with van der Waals surface area (Å²) in [6.45, 7) is 0. The number of nitrogens with zero attached hydrogens (tertiary/aromatic N) is 1. The van der Waals surface area contributed by atoms with Crippen LogP contribution in [0.1, 0.15) is 12.0 Å². The van der Waals surface area contributed by atoms with E-state index in [-0.39, 0.29) is 0 Å². The van der Waals surface area contributed by atoms with Crippen molar-refractivity contribution >= 4 is 34.5 Å². The molecule has 0 aliphatic rings. The zero-order chi connectivity index (χ0) is 17.8. The summed E-state index contributed by atoms with van der Waals surface area (Å²) in [6, 6.07) is 17.6. The molecular weight excluding hydrogens is 318 g/mol.